The Labute approximate surface area is 139 Å². The molecule has 0 saturated carbocycles. The maximum atomic E-state index is 11.8. The van der Waals surface area contributed by atoms with Crippen molar-refractivity contribution >= 4 is 17.2 Å². The first-order chi connectivity index (χ1) is 11.7. The van der Waals surface area contributed by atoms with Gasteiger partial charge in [0.05, 0.1) is 18.4 Å². The molecule has 1 aromatic carbocycles. The van der Waals surface area contributed by atoms with Crippen molar-refractivity contribution in [2.24, 2.45) is 0 Å². The molecular formula is C18H13N5O. The monoisotopic (exact) mass is 315 g/mol. The highest BCUT2D eigenvalue weighted by atomic mass is 16.2. The lowest BCUT2D eigenvalue weighted by atomic mass is 10.1. The molecule has 24 heavy (non-hydrogen) atoms. The number of terminal acetylenes is 1. The van der Waals surface area contributed by atoms with Gasteiger partial charge in [0.2, 0.25) is 5.91 Å². The van der Waals surface area contributed by atoms with Crippen LogP contribution in [0.25, 0.3) is 16.9 Å². The van der Waals surface area contributed by atoms with Crippen molar-refractivity contribution in [2.45, 2.75) is 6.92 Å². The third kappa shape index (κ3) is 2.57. The summed E-state index contributed by atoms with van der Waals surface area (Å²) in [6, 6.07) is 11.3. The molecule has 0 spiro atoms. The van der Waals surface area contributed by atoms with E-state index >= 15 is 0 Å². The molecule has 0 atom stereocenters. The smallest absolute Gasteiger partial charge is 0.224 e. The van der Waals surface area contributed by atoms with Gasteiger partial charge in [0.1, 0.15) is 11.6 Å². The number of amides is 1. The number of nitrogens with zero attached hydrogens (tertiary/aromatic N) is 5. The molecule has 6 heteroatoms. The average Bonchev–Trinajstić information content (AvgIpc) is 3.02. The summed E-state index contributed by atoms with van der Waals surface area (Å²) in [4.78, 5) is 17.5. The zero-order valence-electron chi connectivity index (χ0n) is 13.0. The summed E-state index contributed by atoms with van der Waals surface area (Å²) >= 11 is 0. The van der Waals surface area contributed by atoms with E-state index in [0.29, 0.717) is 16.9 Å². The summed E-state index contributed by atoms with van der Waals surface area (Å²) in [6.07, 6.45) is 8.46. The number of carbonyl (C=O) groups excluding carboxylic acids is 1. The number of anilines is 1. The molecule has 116 valence electrons. The van der Waals surface area contributed by atoms with Gasteiger partial charge in [0.15, 0.2) is 5.65 Å². The number of fused-ring (bicyclic) bond motifs is 1. The zero-order chi connectivity index (χ0) is 17.1. The lowest BCUT2D eigenvalue weighted by Gasteiger charge is -2.19. The van der Waals surface area contributed by atoms with Gasteiger partial charge < -0.3 is 4.90 Å². The maximum Gasteiger partial charge on any atom is 0.224 e. The molecule has 2 heterocycles. The maximum absolute atomic E-state index is 11.8. The van der Waals surface area contributed by atoms with Crippen LogP contribution in [0.15, 0.2) is 42.7 Å². The van der Waals surface area contributed by atoms with Crippen LogP contribution >= 0.6 is 0 Å². The van der Waals surface area contributed by atoms with Crippen LogP contribution in [0.2, 0.25) is 0 Å². The Morgan fingerprint density at radius 1 is 1.42 bits per heavy atom. The lowest BCUT2D eigenvalue weighted by molar-refractivity contribution is -0.116. The number of carbonyl (C=O) groups is 1. The second kappa shape index (κ2) is 6.23. The molecule has 0 N–H and O–H groups in total. The second-order valence-electron chi connectivity index (χ2n) is 5.10. The second-order valence-corrected chi connectivity index (χ2v) is 5.10. The highest BCUT2D eigenvalue weighted by Gasteiger charge is 2.13. The first-order valence-corrected chi connectivity index (χ1v) is 7.20. The first kappa shape index (κ1) is 15.3. The van der Waals surface area contributed by atoms with Crippen LogP contribution in [0.5, 0.6) is 0 Å². The number of hydrogen-bond donors (Lipinski definition) is 0. The number of aromatic nitrogens is 3. The van der Waals surface area contributed by atoms with Gasteiger partial charge in [-0.05, 0) is 18.2 Å². The summed E-state index contributed by atoms with van der Waals surface area (Å²) in [5, 5.41) is 13.3. The number of nitriles is 1. The predicted molar refractivity (Wildman–Crippen MR) is 90.0 cm³/mol. The van der Waals surface area contributed by atoms with E-state index in [0.717, 1.165) is 11.3 Å². The molecule has 0 aliphatic rings. The van der Waals surface area contributed by atoms with Crippen molar-refractivity contribution in [1.82, 2.24) is 14.6 Å². The minimum absolute atomic E-state index is 0.129. The van der Waals surface area contributed by atoms with Crippen LogP contribution in [0.4, 0.5) is 5.69 Å². The highest BCUT2D eigenvalue weighted by molar-refractivity contribution is 5.92. The van der Waals surface area contributed by atoms with Crippen molar-refractivity contribution in [3.63, 3.8) is 0 Å². The Kier molecular flexibility index (Phi) is 3.96. The lowest BCUT2D eigenvalue weighted by Crippen LogP contribution is -2.28. The minimum atomic E-state index is -0.129. The Morgan fingerprint density at radius 3 is 2.96 bits per heavy atom. The van der Waals surface area contributed by atoms with Crippen LogP contribution in [0.3, 0.4) is 0 Å². The van der Waals surface area contributed by atoms with E-state index in [2.05, 4.69) is 22.1 Å². The van der Waals surface area contributed by atoms with E-state index in [1.54, 1.807) is 16.8 Å². The third-order valence-electron chi connectivity index (χ3n) is 3.60. The molecule has 0 radical (unpaired) electrons. The fourth-order valence-electron chi connectivity index (χ4n) is 2.50. The van der Waals surface area contributed by atoms with Gasteiger partial charge in [-0.15, -0.1) is 6.42 Å². The van der Waals surface area contributed by atoms with E-state index in [4.69, 9.17) is 11.7 Å². The molecule has 6 nitrogen and oxygen atoms in total. The number of hydrogen-bond acceptors (Lipinski definition) is 4. The van der Waals surface area contributed by atoms with Crippen molar-refractivity contribution in [3.8, 4) is 29.7 Å². The molecule has 0 aliphatic carbocycles. The van der Waals surface area contributed by atoms with Crippen LogP contribution in [-0.4, -0.2) is 27.0 Å². The first-order valence-electron chi connectivity index (χ1n) is 7.20. The van der Waals surface area contributed by atoms with Gasteiger partial charge in [-0.1, -0.05) is 18.1 Å². The van der Waals surface area contributed by atoms with Crippen LogP contribution in [0.1, 0.15) is 12.5 Å². The summed E-state index contributed by atoms with van der Waals surface area (Å²) in [7, 11) is 0. The van der Waals surface area contributed by atoms with Crippen molar-refractivity contribution in [3.05, 3.63) is 48.3 Å². The molecule has 0 saturated heterocycles. The largest absolute Gasteiger partial charge is 0.301 e. The quantitative estimate of drug-likeness (QED) is 0.695. The van der Waals surface area contributed by atoms with Gasteiger partial charge in [-0.2, -0.15) is 10.4 Å². The topological polar surface area (TPSA) is 74.3 Å². The van der Waals surface area contributed by atoms with Crippen LogP contribution in [-0.2, 0) is 4.79 Å². The highest BCUT2D eigenvalue weighted by Crippen LogP contribution is 2.25. The minimum Gasteiger partial charge on any atom is -0.301 e. The van der Waals surface area contributed by atoms with E-state index < -0.39 is 0 Å². The van der Waals surface area contributed by atoms with E-state index in [9.17, 15) is 4.79 Å². The van der Waals surface area contributed by atoms with Crippen molar-refractivity contribution < 1.29 is 4.79 Å². The molecule has 0 fully saturated rings. The fourth-order valence-corrected chi connectivity index (χ4v) is 2.50. The molecular weight excluding hydrogens is 302 g/mol. The standard InChI is InChI=1S/C18H13N5O/c1-3-9-22(13(2)24)16-6-4-5-14(10-16)17-7-8-20-18-15(11-19)12-21-23(17)18/h1,4-8,10,12H,9H2,2H3. The normalized spacial score (nSPS) is 10.1. The summed E-state index contributed by atoms with van der Waals surface area (Å²) < 4.78 is 1.61. The van der Waals surface area contributed by atoms with Crippen molar-refractivity contribution in [2.75, 3.05) is 11.4 Å². The van der Waals surface area contributed by atoms with Gasteiger partial charge >= 0.3 is 0 Å². The van der Waals surface area contributed by atoms with Gasteiger partial charge in [-0.3, -0.25) is 4.79 Å². The Balaban J connectivity index is 2.13. The molecule has 3 rings (SSSR count). The van der Waals surface area contributed by atoms with Gasteiger partial charge in [0.25, 0.3) is 0 Å². The molecule has 1 amide bonds. The summed E-state index contributed by atoms with van der Waals surface area (Å²) in [6.45, 7) is 1.67. The molecule has 0 unspecified atom stereocenters. The number of benzene rings is 1. The van der Waals surface area contributed by atoms with Crippen molar-refractivity contribution in [1.29, 1.82) is 5.26 Å². The Bertz CT molecular complexity index is 1010. The summed E-state index contributed by atoms with van der Waals surface area (Å²) in [5.74, 6) is 2.36. The Morgan fingerprint density at radius 2 is 2.25 bits per heavy atom. The molecule has 2 aromatic heterocycles. The molecule has 3 aromatic rings. The molecule has 0 aliphatic heterocycles. The number of rotatable bonds is 3. The summed E-state index contributed by atoms with van der Waals surface area (Å²) in [5.41, 5.74) is 3.22. The van der Waals surface area contributed by atoms with E-state index in [1.807, 2.05) is 24.3 Å². The SMILES string of the molecule is C#CCN(C(C)=O)c1cccc(-c2ccnc3c(C#N)cnn23)c1. The van der Waals surface area contributed by atoms with Gasteiger partial charge in [0, 0.05) is 24.4 Å². The van der Waals surface area contributed by atoms with E-state index in [-0.39, 0.29) is 12.5 Å². The average molecular weight is 315 g/mol. The van der Waals surface area contributed by atoms with Crippen LogP contribution < -0.4 is 4.90 Å². The van der Waals surface area contributed by atoms with Crippen LogP contribution in [0, 0.1) is 23.7 Å². The third-order valence-corrected chi connectivity index (χ3v) is 3.60. The van der Waals surface area contributed by atoms with Gasteiger partial charge in [-0.25, -0.2) is 9.50 Å². The fraction of sp³-hybridized carbons (Fsp3) is 0.111. The zero-order valence-corrected chi connectivity index (χ0v) is 13.0. The predicted octanol–water partition coefficient (Wildman–Crippen LogP) is 2.25. The molecule has 0 bridgehead atoms. The van der Waals surface area contributed by atoms with E-state index in [1.165, 1.54) is 18.0 Å². The Hall–Kier alpha value is -3.64.